The molecule has 1 aromatic heterocycles. The highest BCUT2D eigenvalue weighted by Gasteiger charge is 2.30. The van der Waals surface area contributed by atoms with Crippen molar-refractivity contribution in [2.75, 3.05) is 134 Å². The number of halogens is 3. The van der Waals surface area contributed by atoms with Crippen LogP contribution < -0.4 is 15.5 Å². The SMILES string of the molecule is O=C(COCCSCc1cccc(C(=O)Nc2ccc(N3CCCCC3)cc2-c2cc(C(=O)NCc3cccc(C(F)(F)F)c3)ccn2)c1)OCCOCCOCCCN1CCN(CCOCCO)CC1. The number of nitrogens with one attached hydrogen (secondary N) is 2. The second-order valence-corrected chi connectivity index (χ2v) is 18.3. The Bertz CT molecular complexity index is 2260. The lowest BCUT2D eigenvalue weighted by molar-refractivity contribution is -0.150. The lowest BCUT2D eigenvalue weighted by atomic mass is 10.0. The third kappa shape index (κ3) is 19.4. The molecule has 0 aliphatic carbocycles. The minimum absolute atomic E-state index is 0.0594. The first kappa shape index (κ1) is 55.2. The quantitative estimate of drug-likeness (QED) is 0.0385. The number of benzene rings is 3. The zero-order valence-corrected chi connectivity index (χ0v) is 41.1. The van der Waals surface area contributed by atoms with Crippen LogP contribution in [0, 0.1) is 0 Å². The summed E-state index contributed by atoms with van der Waals surface area (Å²) in [4.78, 5) is 50.9. The molecule has 71 heavy (non-hydrogen) atoms. The largest absolute Gasteiger partial charge is 0.462 e. The molecule has 2 fully saturated rings. The third-order valence-electron chi connectivity index (χ3n) is 11.9. The third-order valence-corrected chi connectivity index (χ3v) is 12.9. The monoisotopic (exact) mass is 1010 g/mol. The number of carbonyl (C=O) groups is 3. The van der Waals surface area contributed by atoms with Crippen molar-refractivity contribution in [1.82, 2.24) is 20.1 Å². The van der Waals surface area contributed by atoms with Gasteiger partial charge < -0.3 is 49.2 Å². The van der Waals surface area contributed by atoms with Gasteiger partial charge in [-0.2, -0.15) is 24.9 Å². The average molecular weight is 1010 g/mol. The number of pyridine rings is 1. The van der Waals surface area contributed by atoms with Crippen LogP contribution in [-0.4, -0.2) is 162 Å². The summed E-state index contributed by atoms with van der Waals surface area (Å²) < 4.78 is 67.1. The van der Waals surface area contributed by atoms with E-state index in [9.17, 15) is 27.6 Å². The number of hydrogen-bond donors (Lipinski definition) is 3. The first-order chi connectivity index (χ1) is 34.6. The van der Waals surface area contributed by atoms with Gasteiger partial charge in [0.05, 0.1) is 63.2 Å². The van der Waals surface area contributed by atoms with Crippen molar-refractivity contribution in [2.24, 2.45) is 0 Å². The van der Waals surface area contributed by atoms with E-state index in [2.05, 4.69) is 30.3 Å². The van der Waals surface area contributed by atoms with Gasteiger partial charge in [-0.15, -0.1) is 0 Å². The number of thioether (sulfide) groups is 1. The fourth-order valence-corrected chi connectivity index (χ4v) is 8.88. The predicted octanol–water partition coefficient (Wildman–Crippen LogP) is 6.78. The molecule has 2 aliphatic heterocycles. The molecule has 4 aromatic rings. The molecule has 2 aliphatic rings. The molecule has 386 valence electrons. The molecule has 3 aromatic carbocycles. The van der Waals surface area contributed by atoms with Gasteiger partial charge in [-0.05, 0) is 91.4 Å². The molecule has 0 saturated carbocycles. The number of esters is 1. The van der Waals surface area contributed by atoms with E-state index in [1.54, 1.807) is 23.9 Å². The van der Waals surface area contributed by atoms with E-state index in [1.807, 2.05) is 36.4 Å². The molecule has 19 heteroatoms. The van der Waals surface area contributed by atoms with Gasteiger partial charge in [0.2, 0.25) is 0 Å². The van der Waals surface area contributed by atoms with Gasteiger partial charge in [0, 0.05) is 106 Å². The first-order valence-electron chi connectivity index (χ1n) is 24.4. The van der Waals surface area contributed by atoms with Crippen molar-refractivity contribution in [3.05, 3.63) is 113 Å². The van der Waals surface area contributed by atoms with Crippen LogP contribution in [0.25, 0.3) is 11.3 Å². The van der Waals surface area contributed by atoms with E-state index < -0.39 is 23.6 Å². The number of amides is 2. The minimum atomic E-state index is -4.50. The molecule has 15 nitrogen and oxygen atoms in total. The van der Waals surface area contributed by atoms with Crippen molar-refractivity contribution >= 4 is 40.9 Å². The molecule has 2 saturated heterocycles. The summed E-state index contributed by atoms with van der Waals surface area (Å²) in [5.41, 5.74) is 3.69. The van der Waals surface area contributed by atoms with Crippen molar-refractivity contribution in [1.29, 1.82) is 0 Å². The Labute approximate surface area is 418 Å². The van der Waals surface area contributed by atoms with Crippen LogP contribution in [0.4, 0.5) is 24.5 Å². The highest BCUT2D eigenvalue weighted by Crippen LogP contribution is 2.34. The highest BCUT2D eigenvalue weighted by atomic mass is 32.2. The number of hydrogen-bond acceptors (Lipinski definition) is 14. The summed E-state index contributed by atoms with van der Waals surface area (Å²) in [6.45, 7) is 10.9. The molecular formula is C52H67F3N6O9S. The molecule has 0 radical (unpaired) electrons. The number of nitrogens with zero attached hydrogens (tertiary/aromatic N) is 4. The maximum atomic E-state index is 13.8. The Kier molecular flexibility index (Phi) is 23.4. The maximum Gasteiger partial charge on any atom is 0.416 e. The van der Waals surface area contributed by atoms with Crippen LogP contribution in [0.5, 0.6) is 0 Å². The maximum absolute atomic E-state index is 13.8. The smallest absolute Gasteiger partial charge is 0.416 e. The second-order valence-electron chi connectivity index (χ2n) is 17.2. The number of alkyl halides is 3. The molecule has 0 unspecified atom stereocenters. The standard InChI is InChI=1S/C52H67F3N6O9S/c53-52(54,55)44-10-5-7-40(34-44)37-57-50(64)43-13-14-56-48(35-43)46-36-45(61-16-2-1-3-17-61)11-12-47(46)58-51(65)42-9-4-8-41(33-42)39-71-32-31-69-38-49(63)70-30-29-68-28-27-66-24-6-15-59-18-20-60(21-19-59)22-25-67-26-23-62/h4-5,7-14,33-36,62H,1-3,6,15-32,37-39H2,(H,57,64)(H,58,65). The number of rotatable bonds is 29. The van der Waals surface area contributed by atoms with Gasteiger partial charge in [-0.1, -0.05) is 24.3 Å². The number of piperidine rings is 1. The number of ether oxygens (including phenoxy) is 5. The Balaban J connectivity index is 0.874. The Morgan fingerprint density at radius 1 is 0.690 bits per heavy atom. The van der Waals surface area contributed by atoms with E-state index in [4.69, 9.17) is 28.8 Å². The van der Waals surface area contributed by atoms with Crippen LogP contribution >= 0.6 is 11.8 Å². The summed E-state index contributed by atoms with van der Waals surface area (Å²) in [7, 11) is 0. The lowest BCUT2D eigenvalue weighted by Gasteiger charge is -2.34. The Morgan fingerprint density at radius 3 is 2.20 bits per heavy atom. The first-order valence-corrected chi connectivity index (χ1v) is 25.5. The number of anilines is 2. The van der Waals surface area contributed by atoms with Crippen LogP contribution in [0.2, 0.25) is 0 Å². The van der Waals surface area contributed by atoms with Crippen molar-refractivity contribution in [3.63, 3.8) is 0 Å². The van der Waals surface area contributed by atoms with Gasteiger partial charge in [0.15, 0.2) is 0 Å². The topological polar surface area (TPSA) is 164 Å². The molecule has 0 atom stereocenters. The molecule has 0 spiro atoms. The van der Waals surface area contributed by atoms with Crippen molar-refractivity contribution < 1.29 is 56.3 Å². The fourth-order valence-electron chi connectivity index (χ4n) is 8.09. The Hall–Kier alpha value is -5.12. The number of carbonyl (C=O) groups excluding carboxylic acids is 3. The predicted molar refractivity (Wildman–Crippen MR) is 268 cm³/mol. The molecule has 0 bridgehead atoms. The van der Waals surface area contributed by atoms with E-state index in [0.29, 0.717) is 79.2 Å². The lowest BCUT2D eigenvalue weighted by Crippen LogP contribution is -2.47. The van der Waals surface area contributed by atoms with Crippen molar-refractivity contribution in [2.45, 2.75) is 44.2 Å². The van der Waals surface area contributed by atoms with Crippen molar-refractivity contribution in [3.8, 4) is 11.3 Å². The zero-order chi connectivity index (χ0) is 50.1. The van der Waals surface area contributed by atoms with E-state index in [1.165, 1.54) is 24.4 Å². The molecular weight excluding hydrogens is 942 g/mol. The minimum Gasteiger partial charge on any atom is -0.462 e. The summed E-state index contributed by atoms with van der Waals surface area (Å²) >= 11 is 1.60. The zero-order valence-electron chi connectivity index (χ0n) is 40.3. The Morgan fingerprint density at radius 2 is 1.41 bits per heavy atom. The van der Waals surface area contributed by atoms with E-state index in [0.717, 1.165) is 101 Å². The number of aliphatic hydroxyl groups excluding tert-OH is 1. The van der Waals surface area contributed by atoms with Gasteiger partial charge in [-0.25, -0.2) is 4.79 Å². The summed E-state index contributed by atoms with van der Waals surface area (Å²) in [5, 5.41) is 14.6. The van der Waals surface area contributed by atoms with Crippen LogP contribution in [-0.2, 0) is 47.0 Å². The van der Waals surface area contributed by atoms with Gasteiger partial charge in [0.1, 0.15) is 13.2 Å². The summed E-state index contributed by atoms with van der Waals surface area (Å²) in [5.74, 6) is -0.0421. The van der Waals surface area contributed by atoms with E-state index in [-0.39, 0.29) is 44.4 Å². The number of piperazine rings is 1. The summed E-state index contributed by atoms with van der Waals surface area (Å²) in [6, 6.07) is 21.1. The fraction of sp³-hybridized carbons (Fsp3) is 0.500. The van der Waals surface area contributed by atoms with Gasteiger partial charge in [0.25, 0.3) is 11.8 Å². The number of aliphatic hydroxyl groups is 1. The number of aromatic nitrogens is 1. The second kappa shape index (κ2) is 30.0. The molecule has 3 heterocycles. The molecule has 6 rings (SSSR count). The molecule has 3 N–H and O–H groups in total. The highest BCUT2D eigenvalue weighted by molar-refractivity contribution is 7.98. The van der Waals surface area contributed by atoms with Gasteiger partial charge in [-0.3, -0.25) is 19.5 Å². The van der Waals surface area contributed by atoms with Gasteiger partial charge >= 0.3 is 12.1 Å². The van der Waals surface area contributed by atoms with E-state index >= 15 is 0 Å². The van der Waals surface area contributed by atoms with Crippen LogP contribution in [0.1, 0.15) is 63.1 Å². The molecule has 2 amide bonds. The normalized spacial score (nSPS) is 14.6. The summed E-state index contributed by atoms with van der Waals surface area (Å²) in [6.07, 6.45) is 1.23. The van der Waals surface area contributed by atoms with Crippen LogP contribution in [0.3, 0.4) is 0 Å². The average Bonchev–Trinajstić information content (AvgIpc) is 3.39. The van der Waals surface area contributed by atoms with Crippen LogP contribution in [0.15, 0.2) is 85.1 Å².